The van der Waals surface area contributed by atoms with Crippen LogP contribution in [0.15, 0.2) is 36.5 Å². The Balaban J connectivity index is 1.21. The fourth-order valence-electron chi connectivity index (χ4n) is 3.88. The Labute approximate surface area is 174 Å². The predicted octanol–water partition coefficient (Wildman–Crippen LogP) is 2.23. The normalized spacial score (nSPS) is 16.7. The van der Waals surface area contributed by atoms with E-state index in [9.17, 15) is 14.4 Å². The second-order valence-electron chi connectivity index (χ2n) is 7.55. The van der Waals surface area contributed by atoms with Gasteiger partial charge in [0.25, 0.3) is 11.8 Å². The number of imide groups is 1. The topological polar surface area (TPSA) is 92.7 Å². The number of carbonyl (C=O) groups excluding carboxylic acids is 3. The smallest absolute Gasteiger partial charge is 0.261 e. The summed E-state index contributed by atoms with van der Waals surface area (Å²) in [5.74, 6) is 0.719. The van der Waals surface area contributed by atoms with Gasteiger partial charge in [-0.05, 0) is 25.5 Å². The molecule has 0 N–H and O–H groups in total. The number of likely N-dealkylation sites (tertiary alicyclic amines) is 1. The number of fused-ring (bicyclic) bond motifs is 1. The molecule has 0 spiro atoms. The zero-order valence-electron chi connectivity index (χ0n) is 16.9. The largest absolute Gasteiger partial charge is 0.474 e. The van der Waals surface area contributed by atoms with E-state index in [0.29, 0.717) is 48.8 Å². The van der Waals surface area contributed by atoms with Gasteiger partial charge in [0.1, 0.15) is 11.9 Å². The van der Waals surface area contributed by atoms with Crippen molar-refractivity contribution in [1.82, 2.24) is 19.8 Å². The minimum Gasteiger partial charge on any atom is -0.474 e. The van der Waals surface area contributed by atoms with Crippen LogP contribution in [0.1, 0.15) is 52.2 Å². The molecule has 2 aliphatic heterocycles. The van der Waals surface area contributed by atoms with Crippen LogP contribution < -0.4 is 4.74 Å². The minimum atomic E-state index is -0.277. The Morgan fingerprint density at radius 1 is 1.10 bits per heavy atom. The monoisotopic (exact) mass is 408 g/mol. The van der Waals surface area contributed by atoms with Crippen LogP contribution >= 0.6 is 0 Å². The van der Waals surface area contributed by atoms with Crippen molar-refractivity contribution in [1.29, 1.82) is 0 Å². The molecule has 8 heteroatoms. The first kappa shape index (κ1) is 20.0. The van der Waals surface area contributed by atoms with E-state index in [1.54, 1.807) is 36.5 Å². The van der Waals surface area contributed by atoms with Crippen molar-refractivity contribution < 1.29 is 19.1 Å². The zero-order chi connectivity index (χ0) is 21.1. The van der Waals surface area contributed by atoms with Crippen LogP contribution in [0.25, 0.3) is 0 Å². The Hall–Kier alpha value is -3.29. The van der Waals surface area contributed by atoms with Gasteiger partial charge in [0.05, 0.1) is 11.1 Å². The van der Waals surface area contributed by atoms with Crippen LogP contribution in [-0.2, 0) is 4.79 Å². The zero-order valence-corrected chi connectivity index (χ0v) is 16.9. The lowest BCUT2D eigenvalue weighted by Crippen LogP contribution is -2.42. The van der Waals surface area contributed by atoms with Crippen LogP contribution in [0.2, 0.25) is 0 Å². The molecule has 0 aliphatic carbocycles. The standard InChI is InChI=1S/C22H24N4O4/c1-15-23-11-8-19(24-15)30-16-9-13-25(14-10-16)20(27)7-4-12-26-21(28)17-5-2-3-6-18(17)22(26)29/h2-3,5-6,8,11,16H,4,7,9-10,12-14H2,1H3. The molecule has 2 aliphatic rings. The maximum atomic E-state index is 12.5. The molecule has 30 heavy (non-hydrogen) atoms. The molecule has 4 rings (SSSR count). The van der Waals surface area contributed by atoms with Crippen molar-refractivity contribution in [3.05, 3.63) is 53.5 Å². The Bertz CT molecular complexity index is 934. The van der Waals surface area contributed by atoms with E-state index in [0.717, 1.165) is 12.8 Å². The van der Waals surface area contributed by atoms with Crippen molar-refractivity contribution in [3.63, 3.8) is 0 Å². The van der Waals surface area contributed by atoms with Gasteiger partial charge in [-0.2, -0.15) is 4.98 Å². The summed E-state index contributed by atoms with van der Waals surface area (Å²) in [4.78, 5) is 48.7. The second kappa shape index (κ2) is 8.61. The summed E-state index contributed by atoms with van der Waals surface area (Å²) in [7, 11) is 0. The first-order valence-corrected chi connectivity index (χ1v) is 10.2. The van der Waals surface area contributed by atoms with Crippen LogP contribution in [0, 0.1) is 6.92 Å². The second-order valence-corrected chi connectivity index (χ2v) is 7.55. The fourth-order valence-corrected chi connectivity index (χ4v) is 3.88. The van der Waals surface area contributed by atoms with Gasteiger partial charge in [0.2, 0.25) is 11.8 Å². The Morgan fingerprint density at radius 2 is 1.77 bits per heavy atom. The molecule has 8 nitrogen and oxygen atoms in total. The van der Waals surface area contributed by atoms with Crippen molar-refractivity contribution >= 4 is 17.7 Å². The molecule has 1 fully saturated rings. The summed E-state index contributed by atoms with van der Waals surface area (Å²) in [6.07, 6.45) is 3.96. The molecule has 0 radical (unpaired) electrons. The summed E-state index contributed by atoms with van der Waals surface area (Å²) in [5, 5.41) is 0. The molecular weight excluding hydrogens is 384 g/mol. The van der Waals surface area contributed by atoms with Crippen LogP contribution in [-0.4, -0.2) is 63.2 Å². The number of carbonyl (C=O) groups is 3. The van der Waals surface area contributed by atoms with Crippen molar-refractivity contribution in [2.75, 3.05) is 19.6 Å². The molecule has 1 saturated heterocycles. The third kappa shape index (κ3) is 4.17. The van der Waals surface area contributed by atoms with E-state index in [1.165, 1.54) is 4.90 Å². The average molecular weight is 408 g/mol. The molecule has 0 saturated carbocycles. The van der Waals surface area contributed by atoms with E-state index < -0.39 is 0 Å². The third-order valence-corrected chi connectivity index (χ3v) is 5.48. The number of rotatable bonds is 6. The van der Waals surface area contributed by atoms with E-state index in [2.05, 4.69) is 9.97 Å². The quantitative estimate of drug-likeness (QED) is 0.681. The number of benzene rings is 1. The maximum absolute atomic E-state index is 12.5. The van der Waals surface area contributed by atoms with E-state index in [4.69, 9.17) is 4.74 Å². The van der Waals surface area contributed by atoms with Crippen LogP contribution in [0.5, 0.6) is 5.88 Å². The van der Waals surface area contributed by atoms with Gasteiger partial charge in [0, 0.05) is 51.2 Å². The number of hydrogen-bond acceptors (Lipinski definition) is 6. The first-order valence-electron chi connectivity index (χ1n) is 10.2. The highest BCUT2D eigenvalue weighted by Gasteiger charge is 2.34. The highest BCUT2D eigenvalue weighted by molar-refractivity contribution is 6.21. The number of ether oxygens (including phenoxy) is 1. The molecule has 1 aromatic carbocycles. The lowest BCUT2D eigenvalue weighted by atomic mass is 10.1. The number of nitrogens with zero attached hydrogens (tertiary/aromatic N) is 4. The summed E-state index contributed by atoms with van der Waals surface area (Å²) < 4.78 is 5.90. The van der Waals surface area contributed by atoms with E-state index in [-0.39, 0.29) is 30.4 Å². The van der Waals surface area contributed by atoms with E-state index >= 15 is 0 Å². The molecular formula is C22H24N4O4. The summed E-state index contributed by atoms with van der Waals surface area (Å²) >= 11 is 0. The minimum absolute atomic E-state index is 0.0293. The van der Waals surface area contributed by atoms with Gasteiger partial charge in [-0.3, -0.25) is 19.3 Å². The SMILES string of the molecule is Cc1nccc(OC2CCN(C(=O)CCCN3C(=O)c4ccccc4C3=O)CC2)n1. The molecule has 3 heterocycles. The van der Waals surface area contributed by atoms with Crippen LogP contribution in [0.4, 0.5) is 0 Å². The van der Waals surface area contributed by atoms with Gasteiger partial charge in [-0.25, -0.2) is 4.98 Å². The maximum Gasteiger partial charge on any atom is 0.261 e. The predicted molar refractivity (Wildman–Crippen MR) is 108 cm³/mol. The number of aromatic nitrogens is 2. The molecule has 0 bridgehead atoms. The Kier molecular flexibility index (Phi) is 5.74. The van der Waals surface area contributed by atoms with E-state index in [1.807, 2.05) is 11.8 Å². The van der Waals surface area contributed by atoms with Gasteiger partial charge in [0.15, 0.2) is 0 Å². The summed E-state index contributed by atoms with van der Waals surface area (Å²) in [6.45, 7) is 3.32. The number of amides is 3. The average Bonchev–Trinajstić information content (AvgIpc) is 2.99. The lowest BCUT2D eigenvalue weighted by molar-refractivity contribution is -0.133. The first-order chi connectivity index (χ1) is 14.5. The number of hydrogen-bond donors (Lipinski definition) is 0. The third-order valence-electron chi connectivity index (χ3n) is 5.48. The van der Waals surface area contributed by atoms with Crippen molar-refractivity contribution in [2.24, 2.45) is 0 Å². The molecule has 0 atom stereocenters. The number of aryl methyl sites for hydroxylation is 1. The van der Waals surface area contributed by atoms with Gasteiger partial charge in [-0.15, -0.1) is 0 Å². The molecule has 156 valence electrons. The number of piperidine rings is 1. The highest BCUT2D eigenvalue weighted by atomic mass is 16.5. The molecule has 2 aromatic rings. The highest BCUT2D eigenvalue weighted by Crippen LogP contribution is 2.23. The van der Waals surface area contributed by atoms with Crippen LogP contribution in [0.3, 0.4) is 0 Å². The molecule has 0 unspecified atom stereocenters. The Morgan fingerprint density at radius 3 is 2.40 bits per heavy atom. The van der Waals surface area contributed by atoms with Crippen molar-refractivity contribution in [3.8, 4) is 5.88 Å². The van der Waals surface area contributed by atoms with Gasteiger partial charge >= 0.3 is 0 Å². The lowest BCUT2D eigenvalue weighted by Gasteiger charge is -2.32. The summed E-state index contributed by atoms with van der Waals surface area (Å²) in [5.41, 5.74) is 0.879. The molecule has 1 aromatic heterocycles. The van der Waals surface area contributed by atoms with Crippen molar-refractivity contribution in [2.45, 2.75) is 38.7 Å². The van der Waals surface area contributed by atoms with Gasteiger partial charge in [-0.1, -0.05) is 12.1 Å². The fraction of sp³-hybridized carbons (Fsp3) is 0.409. The van der Waals surface area contributed by atoms with Gasteiger partial charge < -0.3 is 9.64 Å². The molecule has 3 amide bonds. The summed E-state index contributed by atoms with van der Waals surface area (Å²) in [6, 6.07) is 8.56.